The van der Waals surface area contributed by atoms with Crippen LogP contribution in [0.4, 0.5) is 0 Å². The summed E-state index contributed by atoms with van der Waals surface area (Å²) in [7, 11) is 0. The first-order valence-corrected chi connectivity index (χ1v) is 15.6. The molecule has 0 saturated heterocycles. The molecular formula is C33H34N10O5. The van der Waals surface area contributed by atoms with Gasteiger partial charge in [-0.15, -0.1) is 15.3 Å². The second-order valence-electron chi connectivity index (χ2n) is 11.2. The van der Waals surface area contributed by atoms with Crippen LogP contribution in [0, 0.1) is 6.92 Å². The van der Waals surface area contributed by atoms with Crippen molar-refractivity contribution >= 4 is 23.0 Å². The molecule has 4 aromatic heterocycles. The van der Waals surface area contributed by atoms with E-state index in [9.17, 15) is 14.4 Å². The van der Waals surface area contributed by atoms with E-state index in [1.165, 1.54) is 17.2 Å². The molecule has 0 bridgehead atoms. The topological polar surface area (TPSA) is 188 Å². The van der Waals surface area contributed by atoms with Crippen LogP contribution in [0.1, 0.15) is 55.4 Å². The molecular weight excluding hydrogens is 616 g/mol. The summed E-state index contributed by atoms with van der Waals surface area (Å²) in [6.07, 6.45) is 5.17. The Bertz CT molecular complexity index is 2080. The summed E-state index contributed by atoms with van der Waals surface area (Å²) in [6, 6.07) is 16.2. The number of benzene rings is 2. The van der Waals surface area contributed by atoms with Crippen molar-refractivity contribution in [1.82, 2.24) is 49.9 Å². The molecule has 0 unspecified atom stereocenters. The molecule has 0 atom stereocenters. The molecule has 0 fully saturated rings. The molecule has 15 nitrogen and oxygen atoms in total. The number of carbonyl (C=O) groups is 2. The highest BCUT2D eigenvalue weighted by molar-refractivity contribution is 5.80. The van der Waals surface area contributed by atoms with Gasteiger partial charge in [0.25, 0.3) is 5.56 Å². The van der Waals surface area contributed by atoms with Crippen LogP contribution in [0.3, 0.4) is 0 Å². The average Bonchev–Trinajstić information content (AvgIpc) is 3.85. The third-order valence-corrected chi connectivity index (χ3v) is 7.85. The molecule has 0 aliphatic heterocycles. The predicted octanol–water partition coefficient (Wildman–Crippen LogP) is 3.89. The minimum Gasteiger partial charge on any atom is -0.459 e. The molecule has 246 valence electrons. The van der Waals surface area contributed by atoms with Crippen molar-refractivity contribution in [1.29, 1.82) is 0 Å². The number of carbonyl (C=O) groups excluding carboxylic acids is 2. The molecule has 15 heteroatoms. The molecule has 0 radical (unpaired) electrons. The number of fused-ring (bicyclic) bond motifs is 1. The maximum Gasteiger partial charge on any atom is 0.308 e. The summed E-state index contributed by atoms with van der Waals surface area (Å²) >= 11 is 0. The Morgan fingerprint density at radius 1 is 0.979 bits per heavy atom. The van der Waals surface area contributed by atoms with Gasteiger partial charge < -0.3 is 19.0 Å². The first-order valence-electron chi connectivity index (χ1n) is 15.6. The predicted molar refractivity (Wildman–Crippen MR) is 173 cm³/mol. The summed E-state index contributed by atoms with van der Waals surface area (Å²) in [4.78, 5) is 48.0. The van der Waals surface area contributed by atoms with Crippen molar-refractivity contribution in [2.75, 3.05) is 0 Å². The van der Waals surface area contributed by atoms with Crippen molar-refractivity contribution in [3.63, 3.8) is 0 Å². The van der Waals surface area contributed by atoms with E-state index in [0.29, 0.717) is 12.4 Å². The Labute approximate surface area is 274 Å². The molecule has 48 heavy (non-hydrogen) atoms. The zero-order valence-electron chi connectivity index (χ0n) is 26.5. The van der Waals surface area contributed by atoms with Gasteiger partial charge in [0.05, 0.1) is 30.6 Å². The highest BCUT2D eigenvalue weighted by Gasteiger charge is 2.18. The molecule has 2 N–H and O–H groups in total. The molecule has 0 saturated carbocycles. The second kappa shape index (κ2) is 14.6. The van der Waals surface area contributed by atoms with E-state index in [-0.39, 0.29) is 42.8 Å². The van der Waals surface area contributed by atoms with Crippen molar-refractivity contribution < 1.29 is 19.1 Å². The van der Waals surface area contributed by atoms with Gasteiger partial charge in [-0.25, -0.2) is 14.6 Å². The smallest absolute Gasteiger partial charge is 0.308 e. The van der Waals surface area contributed by atoms with Gasteiger partial charge in [-0.1, -0.05) is 61.9 Å². The van der Waals surface area contributed by atoms with Crippen LogP contribution in [0.25, 0.3) is 33.5 Å². The van der Waals surface area contributed by atoms with Crippen LogP contribution in [0.2, 0.25) is 0 Å². The van der Waals surface area contributed by atoms with Crippen LogP contribution in [0.15, 0.2) is 65.8 Å². The average molecular weight is 651 g/mol. The van der Waals surface area contributed by atoms with Gasteiger partial charge >= 0.3 is 11.9 Å². The van der Waals surface area contributed by atoms with Crippen molar-refractivity contribution in [2.24, 2.45) is 0 Å². The fourth-order valence-corrected chi connectivity index (χ4v) is 5.34. The number of rotatable bonds is 14. The highest BCUT2D eigenvalue weighted by atomic mass is 16.5. The summed E-state index contributed by atoms with van der Waals surface area (Å²) in [5.41, 5.74) is 5.45. The van der Waals surface area contributed by atoms with Gasteiger partial charge in [-0.05, 0) is 35.2 Å². The number of aromatic amines is 2. The lowest BCUT2D eigenvalue weighted by Crippen LogP contribution is -2.15. The molecule has 4 heterocycles. The number of esters is 2. The molecule has 6 rings (SSSR count). The number of unbranched alkanes of at least 4 members (excludes halogenated alkanes) is 1. The Kier molecular flexibility index (Phi) is 9.74. The highest BCUT2D eigenvalue weighted by Crippen LogP contribution is 2.30. The van der Waals surface area contributed by atoms with E-state index in [1.807, 2.05) is 31.2 Å². The number of H-pyrrole nitrogens is 2. The van der Waals surface area contributed by atoms with Gasteiger partial charge in [0, 0.05) is 24.7 Å². The molecule has 2 aromatic carbocycles. The lowest BCUT2D eigenvalue weighted by Gasteiger charge is -2.14. The number of nitrogens with zero attached hydrogens (tertiary/aromatic N) is 8. The van der Waals surface area contributed by atoms with Crippen LogP contribution in [-0.4, -0.2) is 61.9 Å². The Hall–Kier alpha value is -5.99. The molecule has 0 amide bonds. The number of hydrogen-bond acceptors (Lipinski definition) is 11. The van der Waals surface area contributed by atoms with Gasteiger partial charge in [0.15, 0.2) is 12.4 Å². The quantitative estimate of drug-likeness (QED) is 0.163. The van der Waals surface area contributed by atoms with Crippen LogP contribution >= 0.6 is 0 Å². The number of ether oxygens (including phenoxy) is 2. The molecule has 0 aliphatic rings. The number of tetrazole rings is 1. The van der Waals surface area contributed by atoms with E-state index in [4.69, 9.17) is 14.5 Å². The Morgan fingerprint density at radius 3 is 2.48 bits per heavy atom. The van der Waals surface area contributed by atoms with E-state index in [1.54, 1.807) is 0 Å². The van der Waals surface area contributed by atoms with Gasteiger partial charge in [0.2, 0.25) is 5.82 Å². The third kappa shape index (κ3) is 7.35. The third-order valence-electron chi connectivity index (χ3n) is 7.85. The van der Waals surface area contributed by atoms with Crippen molar-refractivity contribution in [3.8, 4) is 22.5 Å². The molecule has 6 aromatic rings. The fraction of sp³-hybridized carbons (Fsp3) is 0.303. The zero-order valence-corrected chi connectivity index (χ0v) is 26.5. The summed E-state index contributed by atoms with van der Waals surface area (Å²) in [5, 5.41) is 18.9. The maximum absolute atomic E-state index is 12.7. The van der Waals surface area contributed by atoms with Crippen LogP contribution < -0.4 is 5.56 Å². The SMILES string of the molecule is CCCCc1nc(C)c(COC(=O)CCC(=O)OCn2cc3c(=O)[nH]cnc3n2)n1Cc1ccc(-c2ccccc2-c2nn[nH]n2)cc1. The lowest BCUT2D eigenvalue weighted by molar-refractivity contribution is -0.153. The standard InChI is InChI=1S/C33H34N10O5/c1-3-4-9-28-36-21(2)27(18-47-29(44)14-15-30(45)48-20-42-17-26-31(39-42)34-19-35-33(26)46)43(28)16-22-10-12-23(13-11-22)24-7-5-6-8-25(24)32-37-40-41-38-32/h5-8,10-13,17,19H,3-4,9,14-16,18,20H2,1-2H3,(H,34,35,39,46)(H,37,38,40,41). The van der Waals surface area contributed by atoms with Crippen molar-refractivity contribution in [2.45, 2.75) is 65.8 Å². The van der Waals surface area contributed by atoms with E-state index >= 15 is 0 Å². The minimum atomic E-state index is -0.597. The fourth-order valence-electron chi connectivity index (χ4n) is 5.34. The van der Waals surface area contributed by atoms with Gasteiger partial charge in [-0.3, -0.25) is 14.4 Å². The number of aryl methyl sites for hydroxylation is 2. The number of aromatic nitrogens is 10. The minimum absolute atomic E-state index is 0.0242. The number of imidazole rings is 1. The van der Waals surface area contributed by atoms with Gasteiger partial charge in [-0.2, -0.15) is 5.21 Å². The van der Waals surface area contributed by atoms with Crippen molar-refractivity contribution in [3.05, 3.63) is 94.2 Å². The molecule has 0 spiro atoms. The lowest BCUT2D eigenvalue weighted by atomic mass is 9.98. The largest absolute Gasteiger partial charge is 0.459 e. The normalized spacial score (nSPS) is 11.2. The number of hydrogen-bond donors (Lipinski definition) is 2. The Balaban J connectivity index is 1.08. The van der Waals surface area contributed by atoms with E-state index in [2.05, 4.69) is 71.4 Å². The first-order chi connectivity index (χ1) is 23.4. The summed E-state index contributed by atoms with van der Waals surface area (Å²) < 4.78 is 14.2. The number of nitrogens with one attached hydrogen (secondary N) is 2. The summed E-state index contributed by atoms with van der Waals surface area (Å²) in [5.74, 6) is 0.331. The first kappa shape index (κ1) is 32.0. The van der Waals surface area contributed by atoms with E-state index in [0.717, 1.165) is 58.7 Å². The van der Waals surface area contributed by atoms with E-state index < -0.39 is 11.9 Å². The molecule has 0 aliphatic carbocycles. The zero-order chi connectivity index (χ0) is 33.5. The monoisotopic (exact) mass is 650 g/mol. The van der Waals surface area contributed by atoms with Crippen LogP contribution in [0.5, 0.6) is 0 Å². The van der Waals surface area contributed by atoms with Crippen LogP contribution in [-0.2, 0) is 45.4 Å². The Morgan fingerprint density at radius 2 is 1.75 bits per heavy atom. The summed E-state index contributed by atoms with van der Waals surface area (Å²) in [6.45, 7) is 4.40. The maximum atomic E-state index is 12.7. The second-order valence-corrected chi connectivity index (χ2v) is 11.2. The van der Waals surface area contributed by atoms with Gasteiger partial charge in [0.1, 0.15) is 17.8 Å².